The lowest BCUT2D eigenvalue weighted by Crippen LogP contribution is -2.23. The zero-order valence-corrected chi connectivity index (χ0v) is 15.5. The quantitative estimate of drug-likeness (QED) is 0.694. The predicted octanol–water partition coefficient (Wildman–Crippen LogP) is 5.06. The minimum atomic E-state index is -0.224. The lowest BCUT2D eigenvalue weighted by molar-refractivity contribution is 0.0994. The van der Waals surface area contributed by atoms with Crippen LogP contribution in [0, 0.1) is 6.92 Å². The summed E-state index contributed by atoms with van der Waals surface area (Å²) in [4.78, 5) is 26.8. The highest BCUT2D eigenvalue weighted by Gasteiger charge is 2.28. The summed E-state index contributed by atoms with van der Waals surface area (Å²) in [7, 11) is 0. The van der Waals surface area contributed by atoms with Crippen molar-refractivity contribution in [3.63, 3.8) is 0 Å². The Morgan fingerprint density at radius 1 is 1.04 bits per heavy atom. The zero-order valence-electron chi connectivity index (χ0n) is 14.7. The molecule has 0 saturated heterocycles. The van der Waals surface area contributed by atoms with Crippen molar-refractivity contribution in [2.75, 3.05) is 10.2 Å². The minimum Gasteiger partial charge on any atom is -0.322 e. The van der Waals surface area contributed by atoms with Crippen LogP contribution in [0.2, 0.25) is 5.02 Å². The molecular formula is C22H17ClN2O2. The van der Waals surface area contributed by atoms with Gasteiger partial charge in [-0.2, -0.15) is 0 Å². The second-order valence-corrected chi connectivity index (χ2v) is 6.95. The first-order valence-corrected chi connectivity index (χ1v) is 8.98. The third-order valence-corrected chi connectivity index (χ3v) is 4.91. The molecule has 3 aromatic rings. The maximum absolute atomic E-state index is 12.6. The molecule has 1 aliphatic rings. The maximum atomic E-state index is 12.6. The van der Waals surface area contributed by atoms with Crippen LogP contribution >= 0.6 is 11.6 Å². The number of fused-ring (bicyclic) bond motifs is 1. The number of anilines is 2. The SMILES string of the molecule is Cc1cc(N2Cc3ccccc3C2=O)ccc1NC(=O)c1cccc(Cl)c1. The highest BCUT2D eigenvalue weighted by Crippen LogP contribution is 2.30. The molecule has 0 bridgehead atoms. The molecule has 0 aliphatic carbocycles. The fraction of sp³-hybridized carbons (Fsp3) is 0.0909. The summed E-state index contributed by atoms with van der Waals surface area (Å²) in [5.74, 6) is -0.223. The van der Waals surface area contributed by atoms with E-state index in [4.69, 9.17) is 11.6 Å². The molecule has 0 aromatic heterocycles. The largest absolute Gasteiger partial charge is 0.322 e. The first-order valence-electron chi connectivity index (χ1n) is 8.60. The summed E-state index contributed by atoms with van der Waals surface area (Å²) in [6.45, 7) is 2.47. The summed E-state index contributed by atoms with van der Waals surface area (Å²) in [6.07, 6.45) is 0. The van der Waals surface area contributed by atoms with Crippen LogP contribution in [0.3, 0.4) is 0 Å². The fourth-order valence-corrected chi connectivity index (χ4v) is 3.43. The third-order valence-electron chi connectivity index (χ3n) is 4.68. The van der Waals surface area contributed by atoms with E-state index in [1.807, 2.05) is 49.4 Å². The molecule has 3 aromatic carbocycles. The van der Waals surface area contributed by atoms with Gasteiger partial charge in [0.25, 0.3) is 11.8 Å². The molecule has 2 amide bonds. The van der Waals surface area contributed by atoms with Crippen LogP contribution in [-0.2, 0) is 6.54 Å². The Hall–Kier alpha value is -3.11. The smallest absolute Gasteiger partial charge is 0.258 e. The van der Waals surface area contributed by atoms with E-state index in [0.717, 1.165) is 22.4 Å². The molecular weight excluding hydrogens is 360 g/mol. The maximum Gasteiger partial charge on any atom is 0.258 e. The number of hydrogen-bond acceptors (Lipinski definition) is 2. The number of aryl methyl sites for hydroxylation is 1. The number of halogens is 1. The lowest BCUT2D eigenvalue weighted by Gasteiger charge is -2.18. The van der Waals surface area contributed by atoms with Crippen LogP contribution in [0.4, 0.5) is 11.4 Å². The van der Waals surface area contributed by atoms with Crippen molar-refractivity contribution in [1.82, 2.24) is 0 Å². The van der Waals surface area contributed by atoms with Crippen molar-refractivity contribution in [1.29, 1.82) is 0 Å². The molecule has 0 spiro atoms. The van der Waals surface area contributed by atoms with E-state index in [9.17, 15) is 9.59 Å². The van der Waals surface area contributed by atoms with Crippen LogP contribution in [0.1, 0.15) is 31.8 Å². The van der Waals surface area contributed by atoms with Gasteiger partial charge in [-0.25, -0.2) is 0 Å². The van der Waals surface area contributed by atoms with Gasteiger partial charge in [0.05, 0.1) is 6.54 Å². The second kappa shape index (κ2) is 6.89. The number of rotatable bonds is 3. The Bertz CT molecular complexity index is 1060. The summed E-state index contributed by atoms with van der Waals surface area (Å²) >= 11 is 5.95. The van der Waals surface area contributed by atoms with E-state index in [-0.39, 0.29) is 11.8 Å². The Kier molecular flexibility index (Phi) is 4.42. The zero-order chi connectivity index (χ0) is 19.0. The van der Waals surface area contributed by atoms with Gasteiger partial charge in [-0.05, 0) is 60.5 Å². The first kappa shape index (κ1) is 17.3. The van der Waals surface area contributed by atoms with E-state index in [1.54, 1.807) is 29.2 Å². The molecule has 4 rings (SSSR count). The van der Waals surface area contributed by atoms with Crippen LogP contribution < -0.4 is 10.2 Å². The van der Waals surface area contributed by atoms with Gasteiger partial charge in [-0.15, -0.1) is 0 Å². The summed E-state index contributed by atoms with van der Waals surface area (Å²) < 4.78 is 0. The second-order valence-electron chi connectivity index (χ2n) is 6.51. The first-order chi connectivity index (χ1) is 13.0. The lowest BCUT2D eigenvalue weighted by atomic mass is 10.1. The molecule has 0 radical (unpaired) electrons. The molecule has 1 heterocycles. The number of benzene rings is 3. The molecule has 5 heteroatoms. The van der Waals surface area contributed by atoms with Gasteiger partial charge in [0.15, 0.2) is 0 Å². The molecule has 4 nitrogen and oxygen atoms in total. The van der Waals surface area contributed by atoms with E-state index >= 15 is 0 Å². The fourth-order valence-electron chi connectivity index (χ4n) is 3.24. The summed E-state index contributed by atoms with van der Waals surface area (Å²) in [6, 6.07) is 20.0. The Morgan fingerprint density at radius 2 is 1.85 bits per heavy atom. The molecule has 0 fully saturated rings. The monoisotopic (exact) mass is 376 g/mol. The third kappa shape index (κ3) is 3.32. The van der Waals surface area contributed by atoms with Crippen LogP contribution in [-0.4, -0.2) is 11.8 Å². The van der Waals surface area contributed by atoms with Gasteiger partial charge in [0.2, 0.25) is 0 Å². The van der Waals surface area contributed by atoms with E-state index < -0.39 is 0 Å². The van der Waals surface area contributed by atoms with Crippen molar-refractivity contribution in [3.05, 3.63) is 94.0 Å². The van der Waals surface area contributed by atoms with Crippen molar-refractivity contribution in [2.45, 2.75) is 13.5 Å². The Morgan fingerprint density at radius 3 is 2.59 bits per heavy atom. The van der Waals surface area contributed by atoms with Gasteiger partial charge in [-0.3, -0.25) is 9.59 Å². The van der Waals surface area contributed by atoms with E-state index in [0.29, 0.717) is 22.8 Å². The van der Waals surface area contributed by atoms with Crippen molar-refractivity contribution in [3.8, 4) is 0 Å². The Balaban J connectivity index is 1.55. The summed E-state index contributed by atoms with van der Waals surface area (Å²) in [5.41, 5.74) is 4.66. The highest BCUT2D eigenvalue weighted by molar-refractivity contribution is 6.31. The molecule has 1 N–H and O–H groups in total. The number of hydrogen-bond donors (Lipinski definition) is 1. The van der Waals surface area contributed by atoms with Gasteiger partial charge in [-0.1, -0.05) is 35.9 Å². The van der Waals surface area contributed by atoms with Crippen LogP contribution in [0.15, 0.2) is 66.7 Å². The van der Waals surface area contributed by atoms with Gasteiger partial charge in [0.1, 0.15) is 0 Å². The van der Waals surface area contributed by atoms with Gasteiger partial charge >= 0.3 is 0 Å². The average molecular weight is 377 g/mol. The highest BCUT2D eigenvalue weighted by atomic mass is 35.5. The summed E-state index contributed by atoms with van der Waals surface area (Å²) in [5, 5.41) is 3.41. The molecule has 0 saturated carbocycles. The normalized spacial score (nSPS) is 12.8. The standard InChI is InChI=1S/C22H17ClN2O2/c1-14-11-18(25-13-16-5-2-3-8-19(16)22(25)27)9-10-20(14)24-21(26)15-6-4-7-17(23)12-15/h2-12H,13H2,1H3,(H,24,26). The molecule has 0 atom stereocenters. The van der Waals surface area contributed by atoms with Gasteiger partial charge < -0.3 is 10.2 Å². The predicted molar refractivity (Wildman–Crippen MR) is 108 cm³/mol. The molecule has 0 unspecified atom stereocenters. The van der Waals surface area contributed by atoms with E-state index in [2.05, 4.69) is 5.32 Å². The van der Waals surface area contributed by atoms with Crippen molar-refractivity contribution in [2.24, 2.45) is 0 Å². The molecule has 1 aliphatic heterocycles. The van der Waals surface area contributed by atoms with Crippen LogP contribution in [0.25, 0.3) is 0 Å². The average Bonchev–Trinajstić information content (AvgIpc) is 3.00. The van der Waals surface area contributed by atoms with Crippen molar-refractivity contribution >= 4 is 34.8 Å². The van der Waals surface area contributed by atoms with Crippen LogP contribution in [0.5, 0.6) is 0 Å². The number of nitrogens with one attached hydrogen (secondary N) is 1. The number of amides is 2. The van der Waals surface area contributed by atoms with Gasteiger partial charge in [0, 0.05) is 27.5 Å². The topological polar surface area (TPSA) is 49.4 Å². The Labute approximate surface area is 162 Å². The minimum absolute atomic E-state index is 0.000660. The number of nitrogens with zero attached hydrogens (tertiary/aromatic N) is 1. The number of carbonyl (C=O) groups is 2. The number of carbonyl (C=O) groups excluding carboxylic acids is 2. The van der Waals surface area contributed by atoms with E-state index in [1.165, 1.54) is 0 Å². The van der Waals surface area contributed by atoms with Crippen molar-refractivity contribution < 1.29 is 9.59 Å². The molecule has 134 valence electrons. The molecule has 27 heavy (non-hydrogen) atoms.